The van der Waals surface area contributed by atoms with Crippen LogP contribution in [0.15, 0.2) is 33.8 Å². The van der Waals surface area contributed by atoms with Crippen molar-refractivity contribution in [2.45, 2.75) is 58.6 Å². The van der Waals surface area contributed by atoms with Crippen molar-refractivity contribution in [3.8, 4) is 0 Å². The number of carbonyl (C=O) groups excluding carboxylic acids is 3. The quantitative estimate of drug-likeness (QED) is 0.266. The van der Waals surface area contributed by atoms with E-state index in [1.807, 2.05) is 20.8 Å². The Morgan fingerprint density at radius 2 is 1.87 bits per heavy atom. The highest BCUT2D eigenvalue weighted by atomic mass is 79.9. The van der Waals surface area contributed by atoms with E-state index in [1.54, 1.807) is 18.2 Å². The Kier molecular flexibility index (Phi) is 10.9. The van der Waals surface area contributed by atoms with Crippen LogP contribution < -0.4 is 5.32 Å². The van der Waals surface area contributed by atoms with Gasteiger partial charge in [0.25, 0.3) is 0 Å². The van der Waals surface area contributed by atoms with Crippen molar-refractivity contribution in [1.82, 2.24) is 5.32 Å². The van der Waals surface area contributed by atoms with Crippen LogP contribution in [0.25, 0.3) is 0 Å². The summed E-state index contributed by atoms with van der Waals surface area (Å²) in [6.07, 6.45) is 1.32. The van der Waals surface area contributed by atoms with E-state index in [1.165, 1.54) is 32.3 Å². The molecule has 0 unspecified atom stereocenters. The Morgan fingerprint density at radius 3 is 2.39 bits per heavy atom. The van der Waals surface area contributed by atoms with Gasteiger partial charge < -0.3 is 19.5 Å². The second-order valence-electron chi connectivity index (χ2n) is 7.73. The summed E-state index contributed by atoms with van der Waals surface area (Å²) in [5.74, 6) is -0.941. The average molecular weight is 498 g/mol. The minimum absolute atomic E-state index is 0.147. The Morgan fingerprint density at radius 1 is 1.19 bits per heavy atom. The summed E-state index contributed by atoms with van der Waals surface area (Å²) in [6, 6.07) is 5.07. The van der Waals surface area contributed by atoms with Gasteiger partial charge in [0.2, 0.25) is 6.41 Å². The van der Waals surface area contributed by atoms with Crippen LogP contribution in [0.1, 0.15) is 56.5 Å². The maximum Gasteiger partial charge on any atom is 0.337 e. The van der Waals surface area contributed by atoms with Crippen LogP contribution in [0.5, 0.6) is 0 Å². The molecule has 8 heteroatoms. The monoisotopic (exact) mass is 497 g/mol. The summed E-state index contributed by atoms with van der Waals surface area (Å²) in [5, 5.41) is 2.87. The summed E-state index contributed by atoms with van der Waals surface area (Å²) in [6.45, 7) is 7.56. The second-order valence-corrected chi connectivity index (χ2v) is 8.59. The Balaban J connectivity index is 3.44. The third-order valence-corrected chi connectivity index (χ3v) is 6.12. The highest BCUT2D eigenvalue weighted by Crippen LogP contribution is 2.30. The molecule has 31 heavy (non-hydrogen) atoms. The van der Waals surface area contributed by atoms with E-state index >= 15 is 0 Å². The molecule has 0 radical (unpaired) electrons. The lowest BCUT2D eigenvalue weighted by molar-refractivity contribution is -0.154. The molecular weight excluding hydrogens is 466 g/mol. The first-order valence-electron chi connectivity index (χ1n) is 9.97. The van der Waals surface area contributed by atoms with Crippen LogP contribution in [-0.2, 0) is 30.2 Å². The minimum Gasteiger partial charge on any atom is -0.465 e. The van der Waals surface area contributed by atoms with Crippen molar-refractivity contribution in [3.63, 3.8) is 0 Å². The molecule has 0 aliphatic carbocycles. The van der Waals surface area contributed by atoms with E-state index in [2.05, 4.69) is 21.2 Å². The van der Waals surface area contributed by atoms with Gasteiger partial charge in [0.05, 0.1) is 19.3 Å². The van der Waals surface area contributed by atoms with Crippen LogP contribution in [-0.4, -0.2) is 50.8 Å². The van der Waals surface area contributed by atoms with Crippen molar-refractivity contribution in [3.05, 3.63) is 44.9 Å². The van der Waals surface area contributed by atoms with Gasteiger partial charge in [0, 0.05) is 24.9 Å². The van der Waals surface area contributed by atoms with Gasteiger partial charge in [0.1, 0.15) is 11.6 Å². The SMILES string of the molecule is COC[C@@](CCC(C)=C(C)C)(NC=O)[C@@H](Cc1cc(C(=O)OC)ccc1Br)OC(C)=O. The van der Waals surface area contributed by atoms with Gasteiger partial charge >= 0.3 is 11.9 Å². The molecule has 0 spiro atoms. The van der Waals surface area contributed by atoms with Gasteiger partial charge in [-0.2, -0.15) is 0 Å². The number of carbonyl (C=O) groups is 3. The van der Waals surface area contributed by atoms with Crippen LogP contribution >= 0.6 is 15.9 Å². The number of benzene rings is 1. The number of hydrogen-bond acceptors (Lipinski definition) is 6. The van der Waals surface area contributed by atoms with E-state index in [0.29, 0.717) is 24.8 Å². The lowest BCUT2D eigenvalue weighted by atomic mass is 9.82. The normalized spacial score (nSPS) is 13.5. The van der Waals surface area contributed by atoms with Crippen LogP contribution in [0.2, 0.25) is 0 Å². The van der Waals surface area contributed by atoms with E-state index in [9.17, 15) is 14.4 Å². The van der Waals surface area contributed by atoms with E-state index in [0.717, 1.165) is 10.0 Å². The first-order valence-corrected chi connectivity index (χ1v) is 10.8. The summed E-state index contributed by atoms with van der Waals surface area (Å²) in [7, 11) is 2.85. The van der Waals surface area contributed by atoms with Gasteiger partial charge in [-0.1, -0.05) is 27.1 Å². The molecule has 0 saturated heterocycles. The van der Waals surface area contributed by atoms with Crippen molar-refractivity contribution >= 4 is 34.3 Å². The summed E-state index contributed by atoms with van der Waals surface area (Å²) in [4.78, 5) is 35.5. The fourth-order valence-corrected chi connectivity index (χ4v) is 3.70. The Labute approximate surface area is 192 Å². The predicted octanol–water partition coefficient (Wildman–Crippen LogP) is 3.98. The number of halogens is 1. The minimum atomic E-state index is -0.959. The first kappa shape index (κ1) is 26.8. The second kappa shape index (κ2) is 12.6. The van der Waals surface area contributed by atoms with Crippen molar-refractivity contribution in [2.24, 2.45) is 0 Å². The zero-order valence-corrected chi connectivity index (χ0v) is 20.6. The highest BCUT2D eigenvalue weighted by Gasteiger charge is 2.41. The fourth-order valence-electron chi connectivity index (χ4n) is 3.29. The number of methoxy groups -OCH3 is 2. The van der Waals surface area contributed by atoms with Crippen LogP contribution in [0, 0.1) is 0 Å². The van der Waals surface area contributed by atoms with Crippen LogP contribution in [0.4, 0.5) is 0 Å². The number of hydrogen-bond donors (Lipinski definition) is 1. The van der Waals surface area contributed by atoms with Gasteiger partial charge in [0.15, 0.2) is 0 Å². The molecule has 1 N–H and O–H groups in total. The standard InChI is InChI=1S/C23H32BrNO6/c1-15(2)16(3)9-10-23(13-29-5,25-14-26)21(31-17(4)27)12-19-11-18(22(28)30-6)7-8-20(19)24/h7-8,11,14,21H,9-10,12-13H2,1-6H3,(H,25,26)/t21-,23-/m1/s1. The molecule has 0 aromatic heterocycles. The Bertz CT molecular complexity index is 818. The molecule has 0 heterocycles. The third-order valence-electron chi connectivity index (χ3n) is 5.34. The molecule has 0 aliphatic heterocycles. The predicted molar refractivity (Wildman–Crippen MR) is 122 cm³/mol. The van der Waals surface area contributed by atoms with Crippen molar-refractivity contribution in [1.29, 1.82) is 0 Å². The molecule has 0 fully saturated rings. The molecule has 0 saturated carbocycles. The number of esters is 2. The van der Waals surface area contributed by atoms with E-state index < -0.39 is 23.6 Å². The van der Waals surface area contributed by atoms with Gasteiger partial charge in [-0.25, -0.2) is 4.79 Å². The molecule has 1 rings (SSSR count). The number of nitrogens with one attached hydrogen (secondary N) is 1. The van der Waals surface area contributed by atoms with Crippen molar-refractivity contribution < 1.29 is 28.6 Å². The van der Waals surface area contributed by atoms with E-state index in [4.69, 9.17) is 14.2 Å². The van der Waals surface area contributed by atoms with E-state index in [-0.39, 0.29) is 13.0 Å². The third kappa shape index (κ3) is 7.78. The van der Waals surface area contributed by atoms with Crippen molar-refractivity contribution in [2.75, 3.05) is 20.8 Å². The Hall–Kier alpha value is -2.19. The lowest BCUT2D eigenvalue weighted by Crippen LogP contribution is -2.59. The number of allylic oxidation sites excluding steroid dienone is 2. The number of rotatable bonds is 12. The zero-order valence-electron chi connectivity index (χ0n) is 19.0. The molecule has 0 aliphatic rings. The maximum atomic E-state index is 12.0. The molecule has 1 aromatic carbocycles. The highest BCUT2D eigenvalue weighted by molar-refractivity contribution is 9.10. The average Bonchev–Trinajstić information content (AvgIpc) is 2.72. The first-order chi connectivity index (χ1) is 14.6. The number of amides is 1. The molecule has 1 aromatic rings. The molecule has 7 nitrogen and oxygen atoms in total. The smallest absolute Gasteiger partial charge is 0.337 e. The largest absolute Gasteiger partial charge is 0.465 e. The van der Waals surface area contributed by atoms with Gasteiger partial charge in [-0.05, 0) is 57.4 Å². The molecular formula is C23H32BrNO6. The molecule has 1 amide bonds. The fraction of sp³-hybridized carbons (Fsp3) is 0.522. The molecule has 2 atom stereocenters. The van der Waals surface area contributed by atoms with Crippen LogP contribution in [0.3, 0.4) is 0 Å². The summed E-state index contributed by atoms with van der Waals surface area (Å²) < 4.78 is 16.7. The van der Waals surface area contributed by atoms with Gasteiger partial charge in [-0.3, -0.25) is 9.59 Å². The summed E-state index contributed by atoms with van der Waals surface area (Å²) in [5.41, 5.74) is 2.53. The molecule has 0 bridgehead atoms. The number of ether oxygens (including phenoxy) is 3. The summed E-state index contributed by atoms with van der Waals surface area (Å²) >= 11 is 3.50. The molecule has 172 valence electrons. The lowest BCUT2D eigenvalue weighted by Gasteiger charge is -2.39. The maximum absolute atomic E-state index is 12.0. The van der Waals surface area contributed by atoms with Gasteiger partial charge in [-0.15, -0.1) is 0 Å². The topological polar surface area (TPSA) is 90.9 Å². The zero-order chi connectivity index (χ0) is 23.6.